The Hall–Kier alpha value is -3.30. The fraction of sp³-hybridized carbons (Fsp3) is 0.333. The molecule has 0 spiro atoms. The van der Waals surface area contributed by atoms with Crippen LogP contribution in [0.15, 0.2) is 36.5 Å². The van der Waals surface area contributed by atoms with Crippen LogP contribution in [0.3, 0.4) is 0 Å². The number of hydrogen-bond donors (Lipinski definition) is 2. The van der Waals surface area contributed by atoms with Crippen LogP contribution in [0.4, 0.5) is 11.4 Å². The van der Waals surface area contributed by atoms with Gasteiger partial charge >= 0.3 is 6.01 Å². The fourth-order valence-corrected chi connectivity index (χ4v) is 5.30. The van der Waals surface area contributed by atoms with Gasteiger partial charge in [-0.1, -0.05) is 0 Å². The van der Waals surface area contributed by atoms with Crippen molar-refractivity contribution >= 4 is 49.7 Å². The Morgan fingerprint density at radius 2 is 1.97 bits per heavy atom. The van der Waals surface area contributed by atoms with E-state index in [-0.39, 0.29) is 11.9 Å². The highest BCUT2D eigenvalue weighted by Gasteiger charge is 2.24. The zero-order chi connectivity index (χ0) is 23.1. The van der Waals surface area contributed by atoms with E-state index in [2.05, 4.69) is 44.3 Å². The van der Waals surface area contributed by atoms with Crippen molar-refractivity contribution in [3.63, 3.8) is 0 Å². The van der Waals surface area contributed by atoms with Gasteiger partial charge < -0.3 is 20.3 Å². The molecule has 2 atom stereocenters. The van der Waals surface area contributed by atoms with E-state index in [1.165, 1.54) is 7.11 Å². The number of anilines is 2. The lowest BCUT2D eigenvalue weighted by Gasteiger charge is -2.38. The van der Waals surface area contributed by atoms with Crippen molar-refractivity contribution in [2.75, 3.05) is 30.4 Å². The maximum atomic E-state index is 13.3. The van der Waals surface area contributed by atoms with Gasteiger partial charge in [-0.15, -0.1) is 11.3 Å². The molecule has 0 aliphatic carbocycles. The van der Waals surface area contributed by atoms with Crippen molar-refractivity contribution in [2.24, 2.45) is 0 Å². The van der Waals surface area contributed by atoms with Gasteiger partial charge in [0, 0.05) is 48.1 Å². The average Bonchev–Trinajstić information content (AvgIpc) is 3.16. The Labute approximate surface area is 196 Å². The van der Waals surface area contributed by atoms with Crippen LogP contribution in [0.1, 0.15) is 29.2 Å². The molecule has 5 rings (SSSR count). The molecule has 0 saturated carbocycles. The average molecular weight is 463 g/mol. The number of hydrogen-bond acceptors (Lipinski definition) is 8. The highest BCUT2D eigenvalue weighted by Crippen LogP contribution is 2.31. The molecular weight excluding hydrogens is 436 g/mol. The number of ether oxygens (including phenoxy) is 1. The summed E-state index contributed by atoms with van der Waals surface area (Å²) in [5, 5.41) is 8.38. The third-order valence-corrected chi connectivity index (χ3v) is 6.74. The normalized spacial score (nSPS) is 18.6. The second-order valence-corrected chi connectivity index (χ2v) is 9.73. The number of carbonyl (C=O) groups is 1. The third kappa shape index (κ3) is 4.21. The topological polar surface area (TPSA) is 92.3 Å². The SMILES string of the molecule is COc1ncc2c(N3C[C@@H](C)N[C@@H](C)C3)ccc(C(=O)Nc3ccc4sc(C)nc4c3)c2n1. The zero-order valence-electron chi connectivity index (χ0n) is 19.0. The predicted molar refractivity (Wildman–Crippen MR) is 133 cm³/mol. The number of benzene rings is 2. The Kier molecular flexibility index (Phi) is 5.59. The number of thiazole rings is 1. The summed E-state index contributed by atoms with van der Waals surface area (Å²) in [5.41, 5.74) is 3.63. The molecule has 9 heteroatoms. The minimum absolute atomic E-state index is 0.232. The number of piperazine rings is 1. The molecule has 0 bridgehead atoms. The molecule has 1 fully saturated rings. The van der Waals surface area contributed by atoms with E-state index < -0.39 is 0 Å². The van der Waals surface area contributed by atoms with E-state index in [1.807, 2.05) is 37.3 Å². The number of fused-ring (bicyclic) bond motifs is 2. The Balaban J connectivity index is 1.53. The molecule has 0 unspecified atom stereocenters. The fourth-order valence-electron chi connectivity index (χ4n) is 4.49. The van der Waals surface area contributed by atoms with Gasteiger partial charge in [0.15, 0.2) is 0 Å². The van der Waals surface area contributed by atoms with Gasteiger partial charge in [0.05, 0.1) is 33.4 Å². The lowest BCUT2D eigenvalue weighted by Crippen LogP contribution is -2.54. The van der Waals surface area contributed by atoms with Crippen LogP contribution in [0.25, 0.3) is 21.1 Å². The first-order valence-corrected chi connectivity index (χ1v) is 11.8. The summed E-state index contributed by atoms with van der Waals surface area (Å²) in [5.74, 6) is -0.236. The van der Waals surface area contributed by atoms with E-state index in [1.54, 1.807) is 17.5 Å². The largest absolute Gasteiger partial charge is 0.467 e. The minimum atomic E-state index is -0.236. The first-order chi connectivity index (χ1) is 15.9. The van der Waals surface area contributed by atoms with Gasteiger partial charge in [0.1, 0.15) is 0 Å². The molecule has 2 aromatic heterocycles. The van der Waals surface area contributed by atoms with Crippen LogP contribution in [0.5, 0.6) is 6.01 Å². The first kappa shape index (κ1) is 21.5. The Morgan fingerprint density at radius 1 is 1.18 bits per heavy atom. The van der Waals surface area contributed by atoms with Crippen LogP contribution in [0.2, 0.25) is 0 Å². The number of nitrogens with zero attached hydrogens (tertiary/aromatic N) is 4. The molecule has 0 radical (unpaired) electrons. The number of aromatic nitrogens is 3. The summed E-state index contributed by atoms with van der Waals surface area (Å²) in [6, 6.07) is 10.5. The number of aryl methyl sites for hydroxylation is 1. The summed E-state index contributed by atoms with van der Waals surface area (Å²) < 4.78 is 6.36. The van der Waals surface area contributed by atoms with Crippen LogP contribution in [-0.4, -0.2) is 53.1 Å². The van der Waals surface area contributed by atoms with Crippen molar-refractivity contribution < 1.29 is 9.53 Å². The van der Waals surface area contributed by atoms with Crippen LogP contribution >= 0.6 is 11.3 Å². The van der Waals surface area contributed by atoms with Crippen molar-refractivity contribution in [3.8, 4) is 6.01 Å². The zero-order valence-corrected chi connectivity index (χ0v) is 19.9. The first-order valence-electron chi connectivity index (χ1n) is 10.9. The second kappa shape index (κ2) is 8.57. The van der Waals surface area contributed by atoms with Crippen LogP contribution in [-0.2, 0) is 0 Å². The van der Waals surface area contributed by atoms with Gasteiger partial charge in [-0.2, -0.15) is 4.98 Å². The van der Waals surface area contributed by atoms with Gasteiger partial charge in [0.25, 0.3) is 5.91 Å². The van der Waals surface area contributed by atoms with Gasteiger partial charge in [-0.25, -0.2) is 9.97 Å². The molecule has 170 valence electrons. The molecule has 1 saturated heterocycles. The molecule has 1 amide bonds. The maximum Gasteiger partial charge on any atom is 0.316 e. The lowest BCUT2D eigenvalue weighted by molar-refractivity contribution is 0.102. The molecule has 1 aliphatic heterocycles. The maximum absolute atomic E-state index is 13.3. The lowest BCUT2D eigenvalue weighted by atomic mass is 10.0. The molecule has 8 nitrogen and oxygen atoms in total. The van der Waals surface area contributed by atoms with Crippen LogP contribution in [0, 0.1) is 6.92 Å². The highest BCUT2D eigenvalue weighted by atomic mass is 32.1. The van der Waals surface area contributed by atoms with Crippen molar-refractivity contribution in [2.45, 2.75) is 32.9 Å². The Morgan fingerprint density at radius 3 is 2.73 bits per heavy atom. The van der Waals surface area contributed by atoms with E-state index in [9.17, 15) is 4.79 Å². The summed E-state index contributed by atoms with van der Waals surface area (Å²) >= 11 is 1.63. The third-order valence-electron chi connectivity index (χ3n) is 5.78. The van der Waals surface area contributed by atoms with Gasteiger partial charge in [-0.3, -0.25) is 4.79 Å². The number of methoxy groups -OCH3 is 1. The van der Waals surface area contributed by atoms with E-state index in [0.717, 1.165) is 39.4 Å². The van der Waals surface area contributed by atoms with E-state index >= 15 is 0 Å². The van der Waals surface area contributed by atoms with Crippen molar-refractivity contribution in [1.82, 2.24) is 20.3 Å². The van der Waals surface area contributed by atoms with Crippen molar-refractivity contribution in [3.05, 3.63) is 47.1 Å². The molecular formula is C24H26N6O2S. The highest BCUT2D eigenvalue weighted by molar-refractivity contribution is 7.18. The summed E-state index contributed by atoms with van der Waals surface area (Å²) in [6.45, 7) is 8.05. The molecule has 4 aromatic rings. The van der Waals surface area contributed by atoms with Gasteiger partial charge in [-0.05, 0) is 51.1 Å². The molecule has 2 N–H and O–H groups in total. The molecule has 2 aromatic carbocycles. The molecule has 3 heterocycles. The number of nitrogens with one attached hydrogen (secondary N) is 2. The smallest absolute Gasteiger partial charge is 0.316 e. The molecule has 1 aliphatic rings. The summed E-state index contributed by atoms with van der Waals surface area (Å²) in [4.78, 5) is 29.0. The standard InChI is InChI=1S/C24H26N6O2S/c1-13-11-30(12-14(2)26-13)20-7-6-17(22-18(20)10-25-24(29-22)32-4)23(31)28-16-5-8-21-19(9-16)27-15(3)33-21/h5-10,13-14,26H,11-12H2,1-4H3,(H,28,31)/t13-,14+. The summed E-state index contributed by atoms with van der Waals surface area (Å²) in [6.07, 6.45) is 1.74. The van der Waals surface area contributed by atoms with Crippen LogP contribution < -0.4 is 20.3 Å². The monoisotopic (exact) mass is 462 g/mol. The predicted octanol–water partition coefficient (Wildman–Crippen LogP) is 4.00. The Bertz CT molecular complexity index is 1340. The van der Waals surface area contributed by atoms with E-state index in [0.29, 0.717) is 28.9 Å². The van der Waals surface area contributed by atoms with Crippen molar-refractivity contribution in [1.29, 1.82) is 0 Å². The summed E-state index contributed by atoms with van der Waals surface area (Å²) in [7, 11) is 1.52. The number of rotatable bonds is 4. The second-order valence-electron chi connectivity index (χ2n) is 8.49. The molecule has 33 heavy (non-hydrogen) atoms. The van der Waals surface area contributed by atoms with Gasteiger partial charge in [0.2, 0.25) is 0 Å². The van der Waals surface area contributed by atoms with E-state index in [4.69, 9.17) is 4.74 Å². The minimum Gasteiger partial charge on any atom is -0.467 e. The number of amides is 1. The number of carbonyl (C=O) groups excluding carboxylic acids is 1. The quantitative estimate of drug-likeness (QED) is 0.474.